The van der Waals surface area contributed by atoms with Crippen molar-refractivity contribution >= 4 is 11.3 Å². The molecular formula is C15H19N3S. The van der Waals surface area contributed by atoms with Crippen LogP contribution in [0.2, 0.25) is 0 Å². The maximum atomic E-state index is 4.71. The van der Waals surface area contributed by atoms with Gasteiger partial charge in [0.2, 0.25) is 0 Å². The lowest BCUT2D eigenvalue weighted by Crippen LogP contribution is -2.14. The van der Waals surface area contributed by atoms with Crippen LogP contribution in [0.15, 0.2) is 12.1 Å². The Morgan fingerprint density at radius 3 is 2.47 bits per heavy atom. The first kappa shape index (κ1) is 12.8. The molecule has 0 atom stereocenters. The van der Waals surface area contributed by atoms with Crippen LogP contribution in [0.5, 0.6) is 0 Å². The second-order valence-electron chi connectivity index (χ2n) is 5.32. The van der Waals surface area contributed by atoms with Crippen LogP contribution in [-0.4, -0.2) is 16.0 Å². The Hall–Kier alpha value is -1.26. The first-order valence-electron chi connectivity index (χ1n) is 6.77. The number of nitrogens with one attached hydrogen (secondary N) is 1. The minimum Gasteiger partial charge on any atom is -0.309 e. The zero-order valence-electron chi connectivity index (χ0n) is 11.7. The summed E-state index contributed by atoms with van der Waals surface area (Å²) in [5, 5.41) is 4.67. The van der Waals surface area contributed by atoms with E-state index < -0.39 is 0 Å². The van der Waals surface area contributed by atoms with Gasteiger partial charge in [-0.05, 0) is 45.7 Å². The van der Waals surface area contributed by atoms with E-state index in [1.54, 1.807) is 11.3 Å². The summed E-state index contributed by atoms with van der Waals surface area (Å²) in [6, 6.07) is 4.97. The normalized spacial score (nSPS) is 14.9. The van der Waals surface area contributed by atoms with E-state index in [-0.39, 0.29) is 0 Å². The summed E-state index contributed by atoms with van der Waals surface area (Å²) in [6.45, 7) is 7.13. The number of nitrogens with zero attached hydrogens (tertiary/aromatic N) is 2. The van der Waals surface area contributed by atoms with Crippen molar-refractivity contribution in [3.8, 4) is 10.6 Å². The quantitative estimate of drug-likeness (QED) is 0.928. The molecule has 0 saturated heterocycles. The molecule has 19 heavy (non-hydrogen) atoms. The summed E-state index contributed by atoms with van der Waals surface area (Å²) in [4.78, 5) is 10.5. The van der Waals surface area contributed by atoms with Gasteiger partial charge in [0.25, 0.3) is 0 Å². The van der Waals surface area contributed by atoms with Crippen LogP contribution in [0.1, 0.15) is 34.8 Å². The lowest BCUT2D eigenvalue weighted by molar-refractivity contribution is 0.691. The van der Waals surface area contributed by atoms with E-state index in [0.717, 1.165) is 34.7 Å². The zero-order valence-corrected chi connectivity index (χ0v) is 12.5. The van der Waals surface area contributed by atoms with E-state index in [0.29, 0.717) is 0 Å². The molecule has 0 unspecified atom stereocenters. The van der Waals surface area contributed by atoms with Crippen molar-refractivity contribution in [2.24, 2.45) is 0 Å². The predicted molar refractivity (Wildman–Crippen MR) is 79.4 cm³/mol. The number of thiazole rings is 1. The molecule has 0 amide bonds. The zero-order chi connectivity index (χ0) is 13.4. The fourth-order valence-electron chi connectivity index (χ4n) is 2.20. The van der Waals surface area contributed by atoms with E-state index in [1.807, 2.05) is 13.8 Å². The highest BCUT2D eigenvalue weighted by atomic mass is 32.1. The Morgan fingerprint density at radius 1 is 1.16 bits per heavy atom. The van der Waals surface area contributed by atoms with Crippen LogP contribution in [0.3, 0.4) is 0 Å². The number of rotatable bonds is 4. The second kappa shape index (κ2) is 5.02. The molecule has 4 heteroatoms. The van der Waals surface area contributed by atoms with Gasteiger partial charge >= 0.3 is 0 Å². The third kappa shape index (κ3) is 3.01. The van der Waals surface area contributed by atoms with E-state index in [4.69, 9.17) is 4.98 Å². The minimum absolute atomic E-state index is 0.746. The van der Waals surface area contributed by atoms with Crippen LogP contribution in [0, 0.1) is 20.8 Å². The molecule has 0 spiro atoms. The summed E-state index contributed by atoms with van der Waals surface area (Å²) in [7, 11) is 0. The highest BCUT2D eigenvalue weighted by Gasteiger charge is 2.21. The van der Waals surface area contributed by atoms with Crippen LogP contribution in [0.25, 0.3) is 10.6 Å². The monoisotopic (exact) mass is 273 g/mol. The van der Waals surface area contributed by atoms with Crippen molar-refractivity contribution in [1.82, 2.24) is 15.3 Å². The molecule has 0 aromatic carbocycles. The van der Waals surface area contributed by atoms with Gasteiger partial charge in [-0.15, -0.1) is 11.3 Å². The van der Waals surface area contributed by atoms with Crippen LogP contribution >= 0.6 is 11.3 Å². The molecule has 0 bridgehead atoms. The maximum absolute atomic E-state index is 4.71. The Labute approximate surface area is 118 Å². The SMILES string of the molecule is Cc1cc(-c2nc(C)c(CNC3CC3)s2)cc(C)n1. The van der Waals surface area contributed by atoms with Crippen LogP contribution in [0.4, 0.5) is 0 Å². The minimum atomic E-state index is 0.746. The molecule has 1 aliphatic carbocycles. The van der Waals surface area contributed by atoms with E-state index in [1.165, 1.54) is 23.3 Å². The van der Waals surface area contributed by atoms with Gasteiger partial charge in [0.1, 0.15) is 5.01 Å². The van der Waals surface area contributed by atoms with E-state index in [9.17, 15) is 0 Å². The van der Waals surface area contributed by atoms with Crippen molar-refractivity contribution < 1.29 is 0 Å². The molecule has 2 heterocycles. The van der Waals surface area contributed by atoms with Crippen molar-refractivity contribution in [3.63, 3.8) is 0 Å². The van der Waals surface area contributed by atoms with Crippen molar-refractivity contribution in [2.75, 3.05) is 0 Å². The molecule has 2 aromatic heterocycles. The highest BCUT2D eigenvalue weighted by molar-refractivity contribution is 7.15. The van der Waals surface area contributed by atoms with Gasteiger partial charge in [-0.3, -0.25) is 4.98 Å². The van der Waals surface area contributed by atoms with Crippen molar-refractivity contribution in [3.05, 3.63) is 34.1 Å². The molecule has 0 radical (unpaired) electrons. The molecule has 3 nitrogen and oxygen atoms in total. The van der Waals surface area contributed by atoms with Gasteiger partial charge in [0.05, 0.1) is 5.69 Å². The Morgan fingerprint density at radius 2 is 1.84 bits per heavy atom. The van der Waals surface area contributed by atoms with Gasteiger partial charge in [-0.1, -0.05) is 0 Å². The third-order valence-corrected chi connectivity index (χ3v) is 4.56. The number of aromatic nitrogens is 2. The van der Waals surface area contributed by atoms with Crippen molar-refractivity contribution in [2.45, 2.75) is 46.2 Å². The Kier molecular flexibility index (Phi) is 3.37. The van der Waals surface area contributed by atoms with Gasteiger partial charge in [0.15, 0.2) is 0 Å². The molecule has 1 fully saturated rings. The Balaban J connectivity index is 1.85. The molecule has 100 valence electrons. The number of hydrogen-bond acceptors (Lipinski definition) is 4. The summed E-state index contributed by atoms with van der Waals surface area (Å²) in [5.41, 5.74) is 4.46. The molecule has 1 N–H and O–H groups in total. The molecule has 0 aliphatic heterocycles. The maximum Gasteiger partial charge on any atom is 0.124 e. The first-order valence-corrected chi connectivity index (χ1v) is 7.59. The smallest absolute Gasteiger partial charge is 0.124 e. The number of hydrogen-bond donors (Lipinski definition) is 1. The summed E-state index contributed by atoms with van der Waals surface area (Å²) in [6.07, 6.45) is 2.65. The number of pyridine rings is 1. The predicted octanol–water partition coefficient (Wildman–Crippen LogP) is 3.38. The Bertz CT molecular complexity index is 579. The molecule has 1 saturated carbocycles. The van der Waals surface area contributed by atoms with Crippen LogP contribution < -0.4 is 5.32 Å². The summed E-state index contributed by atoms with van der Waals surface area (Å²) in [5.74, 6) is 0. The molecule has 2 aromatic rings. The average Bonchev–Trinajstić information content (AvgIpc) is 3.09. The first-order chi connectivity index (χ1) is 9.11. The van der Waals surface area contributed by atoms with Crippen molar-refractivity contribution in [1.29, 1.82) is 0 Å². The second-order valence-corrected chi connectivity index (χ2v) is 6.40. The molecule has 3 rings (SSSR count). The lowest BCUT2D eigenvalue weighted by Gasteiger charge is -2.01. The number of aryl methyl sites for hydroxylation is 3. The lowest BCUT2D eigenvalue weighted by atomic mass is 10.2. The molecular weight excluding hydrogens is 254 g/mol. The van der Waals surface area contributed by atoms with Gasteiger partial charge in [0, 0.05) is 34.4 Å². The summed E-state index contributed by atoms with van der Waals surface area (Å²) >= 11 is 1.80. The topological polar surface area (TPSA) is 37.8 Å². The fourth-order valence-corrected chi connectivity index (χ4v) is 3.20. The summed E-state index contributed by atoms with van der Waals surface area (Å²) < 4.78 is 0. The van der Waals surface area contributed by atoms with Gasteiger partial charge < -0.3 is 5.32 Å². The highest BCUT2D eigenvalue weighted by Crippen LogP contribution is 2.29. The standard InChI is InChI=1S/C15H19N3S/c1-9-6-12(7-10(2)17-9)15-18-11(3)14(19-15)8-16-13-4-5-13/h6-7,13,16H,4-5,8H2,1-3H3. The largest absolute Gasteiger partial charge is 0.309 e. The van der Waals surface area contributed by atoms with E-state index >= 15 is 0 Å². The average molecular weight is 273 g/mol. The van der Waals surface area contributed by atoms with Crippen LogP contribution in [-0.2, 0) is 6.54 Å². The fraction of sp³-hybridized carbons (Fsp3) is 0.467. The van der Waals surface area contributed by atoms with Gasteiger partial charge in [-0.2, -0.15) is 0 Å². The van der Waals surface area contributed by atoms with E-state index in [2.05, 4.69) is 29.4 Å². The third-order valence-electron chi connectivity index (χ3n) is 3.35. The molecule has 1 aliphatic rings. The van der Waals surface area contributed by atoms with Gasteiger partial charge in [-0.25, -0.2) is 4.98 Å².